The van der Waals surface area contributed by atoms with Gasteiger partial charge in [0.15, 0.2) is 5.78 Å². The molecule has 0 aromatic heterocycles. The van der Waals surface area contributed by atoms with E-state index < -0.39 is 23.9 Å². The van der Waals surface area contributed by atoms with Gasteiger partial charge in [0, 0.05) is 10.0 Å². The Balaban J connectivity index is 2.34. The molecule has 1 aromatic carbocycles. The molecule has 0 saturated carbocycles. The number of alkyl halides is 2. The van der Waals surface area contributed by atoms with Crippen LogP contribution in [0.3, 0.4) is 0 Å². The molecular formula is C11H7BrF2O2. The normalized spacial score (nSPS) is 19.0. The monoisotopic (exact) mass is 288 g/mol. The molecule has 1 atom stereocenters. The van der Waals surface area contributed by atoms with E-state index in [-0.39, 0.29) is 6.42 Å². The van der Waals surface area contributed by atoms with Crippen LogP contribution < -0.4 is 0 Å². The fourth-order valence-corrected chi connectivity index (χ4v) is 2.26. The first-order valence-corrected chi connectivity index (χ1v) is 5.44. The molecule has 1 aromatic rings. The third-order valence-corrected chi connectivity index (χ3v) is 3.13. The number of carbonyl (C=O) groups is 2. The summed E-state index contributed by atoms with van der Waals surface area (Å²) in [4.78, 5) is 22.8. The van der Waals surface area contributed by atoms with Crippen molar-refractivity contribution in [3.05, 3.63) is 33.8 Å². The summed E-state index contributed by atoms with van der Waals surface area (Å²) in [7, 11) is 0. The van der Waals surface area contributed by atoms with E-state index in [9.17, 15) is 18.4 Å². The van der Waals surface area contributed by atoms with Gasteiger partial charge < -0.3 is 0 Å². The largest absolute Gasteiger partial charge is 0.296 e. The lowest BCUT2D eigenvalue weighted by atomic mass is 10.0. The van der Waals surface area contributed by atoms with E-state index in [1.54, 1.807) is 18.2 Å². The Hall–Kier alpha value is -1.10. The summed E-state index contributed by atoms with van der Waals surface area (Å²) < 4.78 is 25.3. The van der Waals surface area contributed by atoms with Crippen molar-refractivity contribution in [2.24, 2.45) is 5.92 Å². The lowest BCUT2D eigenvalue weighted by Crippen LogP contribution is -2.26. The summed E-state index contributed by atoms with van der Waals surface area (Å²) in [6.07, 6.45) is -3.00. The van der Waals surface area contributed by atoms with E-state index in [0.717, 1.165) is 4.47 Å². The van der Waals surface area contributed by atoms with E-state index in [0.29, 0.717) is 11.1 Å². The van der Waals surface area contributed by atoms with E-state index in [1.165, 1.54) is 0 Å². The first kappa shape index (κ1) is 11.4. The fraction of sp³-hybridized carbons (Fsp3) is 0.273. The highest BCUT2D eigenvalue weighted by atomic mass is 79.9. The number of hydrogen-bond donors (Lipinski definition) is 0. The van der Waals surface area contributed by atoms with Crippen molar-refractivity contribution >= 4 is 27.5 Å². The van der Waals surface area contributed by atoms with Crippen LogP contribution in [0.1, 0.15) is 15.9 Å². The number of rotatable bonds is 2. The Kier molecular flexibility index (Phi) is 2.88. The predicted molar refractivity (Wildman–Crippen MR) is 56.7 cm³/mol. The number of Topliss-reactive ketones (excluding diaryl/α,β-unsaturated/α-hetero) is 2. The maximum atomic E-state index is 12.2. The van der Waals surface area contributed by atoms with Crippen LogP contribution >= 0.6 is 15.9 Å². The second-order valence-corrected chi connectivity index (χ2v) is 4.54. The smallest absolute Gasteiger partial charge is 0.293 e. The quantitative estimate of drug-likeness (QED) is 0.784. The molecule has 0 amide bonds. The molecule has 0 aliphatic heterocycles. The van der Waals surface area contributed by atoms with Crippen LogP contribution in [0.2, 0.25) is 0 Å². The second-order valence-electron chi connectivity index (χ2n) is 3.63. The number of ketones is 2. The van der Waals surface area contributed by atoms with E-state index >= 15 is 0 Å². The Morgan fingerprint density at radius 1 is 1.44 bits per heavy atom. The average Bonchev–Trinajstić information content (AvgIpc) is 2.54. The third kappa shape index (κ3) is 1.80. The Morgan fingerprint density at radius 3 is 2.75 bits per heavy atom. The van der Waals surface area contributed by atoms with Gasteiger partial charge in [0.1, 0.15) is 0 Å². The summed E-state index contributed by atoms with van der Waals surface area (Å²) >= 11 is 3.23. The van der Waals surface area contributed by atoms with Gasteiger partial charge in [0.05, 0.1) is 5.92 Å². The standard InChI is InChI=1S/C11H7BrF2O2/c12-6-1-2-7-5(3-6)4-8(9(7)15)10(16)11(13)14/h1-3,8,11H,4H2. The topological polar surface area (TPSA) is 34.1 Å². The summed E-state index contributed by atoms with van der Waals surface area (Å²) in [5, 5.41) is 0. The van der Waals surface area contributed by atoms with Crippen molar-refractivity contribution in [1.82, 2.24) is 0 Å². The van der Waals surface area contributed by atoms with Gasteiger partial charge in [-0.05, 0) is 30.2 Å². The molecule has 84 valence electrons. The zero-order chi connectivity index (χ0) is 11.9. The molecule has 0 N–H and O–H groups in total. The van der Waals surface area contributed by atoms with Crippen molar-refractivity contribution in [2.45, 2.75) is 12.8 Å². The molecule has 0 spiro atoms. The minimum absolute atomic E-state index is 0.0801. The van der Waals surface area contributed by atoms with Crippen LogP contribution in [0, 0.1) is 5.92 Å². The molecule has 2 nitrogen and oxygen atoms in total. The molecule has 0 bridgehead atoms. The van der Waals surface area contributed by atoms with Crippen LogP contribution in [0.25, 0.3) is 0 Å². The van der Waals surface area contributed by atoms with Crippen LogP contribution in [0.15, 0.2) is 22.7 Å². The molecule has 0 radical (unpaired) electrons. The van der Waals surface area contributed by atoms with Gasteiger partial charge in [-0.3, -0.25) is 9.59 Å². The highest BCUT2D eigenvalue weighted by molar-refractivity contribution is 9.10. The van der Waals surface area contributed by atoms with Crippen molar-refractivity contribution in [1.29, 1.82) is 0 Å². The maximum absolute atomic E-state index is 12.2. The summed E-state index contributed by atoms with van der Waals surface area (Å²) in [6, 6.07) is 4.90. The number of carbonyl (C=O) groups excluding carboxylic acids is 2. The van der Waals surface area contributed by atoms with E-state index in [4.69, 9.17) is 0 Å². The van der Waals surface area contributed by atoms with Crippen LogP contribution in [-0.4, -0.2) is 18.0 Å². The van der Waals surface area contributed by atoms with Crippen LogP contribution in [0.4, 0.5) is 8.78 Å². The summed E-state index contributed by atoms with van der Waals surface area (Å²) in [5.74, 6) is -2.98. The van der Waals surface area contributed by atoms with Gasteiger partial charge in [-0.25, -0.2) is 8.78 Å². The minimum atomic E-state index is -3.08. The Labute approximate surface area is 98.8 Å². The predicted octanol–water partition coefficient (Wildman–Crippen LogP) is 2.64. The van der Waals surface area contributed by atoms with Gasteiger partial charge in [-0.15, -0.1) is 0 Å². The van der Waals surface area contributed by atoms with Crippen molar-refractivity contribution in [3.8, 4) is 0 Å². The number of fused-ring (bicyclic) bond motifs is 1. The zero-order valence-electron chi connectivity index (χ0n) is 8.04. The van der Waals surface area contributed by atoms with Crippen LogP contribution in [-0.2, 0) is 11.2 Å². The average molecular weight is 289 g/mol. The lowest BCUT2D eigenvalue weighted by molar-refractivity contribution is -0.131. The van der Waals surface area contributed by atoms with Gasteiger partial charge in [0.25, 0.3) is 6.43 Å². The van der Waals surface area contributed by atoms with Gasteiger partial charge in [-0.2, -0.15) is 0 Å². The van der Waals surface area contributed by atoms with Gasteiger partial charge >= 0.3 is 0 Å². The Morgan fingerprint density at radius 2 is 2.12 bits per heavy atom. The highest BCUT2D eigenvalue weighted by Crippen LogP contribution is 2.30. The molecule has 0 saturated heterocycles. The fourth-order valence-electron chi connectivity index (χ4n) is 1.85. The summed E-state index contributed by atoms with van der Waals surface area (Å²) in [6.45, 7) is 0. The molecule has 16 heavy (non-hydrogen) atoms. The number of halogens is 3. The molecule has 0 heterocycles. The van der Waals surface area contributed by atoms with E-state index in [1.807, 2.05) is 0 Å². The first-order valence-electron chi connectivity index (χ1n) is 4.65. The zero-order valence-corrected chi connectivity index (χ0v) is 9.63. The van der Waals surface area contributed by atoms with Gasteiger partial charge in [-0.1, -0.05) is 15.9 Å². The molecule has 5 heteroatoms. The van der Waals surface area contributed by atoms with Crippen molar-refractivity contribution in [2.75, 3.05) is 0 Å². The van der Waals surface area contributed by atoms with Crippen molar-refractivity contribution in [3.63, 3.8) is 0 Å². The lowest BCUT2D eigenvalue weighted by Gasteiger charge is -2.04. The molecule has 2 rings (SSSR count). The molecule has 0 fully saturated rings. The second kappa shape index (κ2) is 4.05. The van der Waals surface area contributed by atoms with Gasteiger partial charge in [0.2, 0.25) is 5.78 Å². The third-order valence-electron chi connectivity index (χ3n) is 2.63. The molecule has 1 aliphatic rings. The maximum Gasteiger partial charge on any atom is 0.296 e. The van der Waals surface area contributed by atoms with E-state index in [2.05, 4.69) is 15.9 Å². The minimum Gasteiger partial charge on any atom is -0.293 e. The molecule has 1 aliphatic carbocycles. The molecular weight excluding hydrogens is 282 g/mol. The van der Waals surface area contributed by atoms with Crippen LogP contribution in [0.5, 0.6) is 0 Å². The molecule has 1 unspecified atom stereocenters. The Bertz CT molecular complexity index is 471. The van der Waals surface area contributed by atoms with Crippen molar-refractivity contribution < 1.29 is 18.4 Å². The number of benzene rings is 1. The highest BCUT2D eigenvalue weighted by Gasteiger charge is 2.39. The summed E-state index contributed by atoms with van der Waals surface area (Å²) in [5.41, 5.74) is 1.03. The first-order chi connectivity index (χ1) is 7.50. The number of hydrogen-bond acceptors (Lipinski definition) is 2. The SMILES string of the molecule is O=C1c2ccc(Br)cc2CC1C(=O)C(F)F.